The monoisotopic (exact) mass is 612 g/mol. The molecule has 0 atom stereocenters. The Balaban J connectivity index is 1.73. The molecule has 2 N–H and O–H groups in total. The van der Waals surface area contributed by atoms with Crippen molar-refractivity contribution in [3.63, 3.8) is 0 Å². The molecule has 3 amide bonds. The van der Waals surface area contributed by atoms with Crippen LogP contribution in [0.1, 0.15) is 23.9 Å². The molecule has 1 aliphatic rings. The van der Waals surface area contributed by atoms with Crippen LogP contribution in [0.2, 0.25) is 5.02 Å². The molecule has 8 nitrogen and oxygen atoms in total. The fourth-order valence-electron chi connectivity index (χ4n) is 3.71. The lowest BCUT2D eigenvalue weighted by atomic mass is 10.2. The van der Waals surface area contributed by atoms with E-state index in [2.05, 4.69) is 20.6 Å². The number of hydrogen-bond donors (Lipinski definition) is 2. The number of nitrogens with one attached hydrogen (secondary N) is 2. The van der Waals surface area contributed by atoms with Crippen molar-refractivity contribution in [1.29, 1.82) is 0 Å². The number of carbonyl (C=O) groups excluding carboxylic acids is 2. The zero-order valence-electron chi connectivity index (χ0n) is 18.5. The Kier molecular flexibility index (Phi) is 8.90. The van der Waals surface area contributed by atoms with Crippen molar-refractivity contribution in [2.24, 2.45) is 0 Å². The number of hydrogen-bond acceptors (Lipinski definition) is 4. The Morgan fingerprint density at radius 1 is 1.12 bits per heavy atom. The number of benzene rings is 1. The van der Waals surface area contributed by atoms with Crippen LogP contribution < -0.4 is 15.5 Å². The lowest BCUT2D eigenvalue weighted by molar-refractivity contribution is -0.142. The van der Waals surface area contributed by atoms with Crippen LogP contribution in [0.4, 0.5) is 23.7 Å². The van der Waals surface area contributed by atoms with Crippen LogP contribution in [0.15, 0.2) is 24.3 Å². The van der Waals surface area contributed by atoms with E-state index in [4.69, 9.17) is 11.6 Å². The number of anilines is 1. The molecule has 34 heavy (non-hydrogen) atoms. The normalized spacial score (nSPS) is 14.3. The highest BCUT2D eigenvalue weighted by molar-refractivity contribution is 14.1. The van der Waals surface area contributed by atoms with Crippen molar-refractivity contribution in [3.8, 4) is 0 Å². The van der Waals surface area contributed by atoms with Gasteiger partial charge in [-0.15, -0.1) is 0 Å². The Morgan fingerprint density at radius 3 is 2.32 bits per heavy atom. The molecule has 0 saturated carbocycles. The van der Waals surface area contributed by atoms with Gasteiger partial charge in [0.2, 0.25) is 5.91 Å². The highest BCUT2D eigenvalue weighted by atomic mass is 127. The first-order valence-corrected chi connectivity index (χ1v) is 12.6. The first-order chi connectivity index (χ1) is 16.1. The molecule has 1 aromatic carbocycles. The van der Waals surface area contributed by atoms with Gasteiger partial charge in [-0.1, -0.05) is 34.2 Å². The van der Waals surface area contributed by atoms with Crippen LogP contribution in [0.25, 0.3) is 0 Å². The Hall–Kier alpha value is -2.22. The average molecular weight is 613 g/mol. The zero-order chi connectivity index (χ0) is 24.9. The number of carbonyl (C=O) groups is 2. The number of halogens is 5. The number of urea groups is 1. The minimum Gasteiger partial charge on any atom is -0.368 e. The SMILES string of the molecule is CCNC(=O)NCc1c(CI)c(C(F)(F)F)nn1CC(=O)N1CCN(c2ccc(Cl)cc2)CC1. The van der Waals surface area contributed by atoms with E-state index in [1.54, 1.807) is 24.0 Å². The summed E-state index contributed by atoms with van der Waals surface area (Å²) in [5, 5.41) is 9.43. The number of alkyl halides is 4. The van der Waals surface area contributed by atoms with Gasteiger partial charge in [-0.25, -0.2) is 4.79 Å². The fraction of sp³-hybridized carbons (Fsp3) is 0.476. The van der Waals surface area contributed by atoms with E-state index in [0.29, 0.717) is 37.7 Å². The molecule has 0 unspecified atom stereocenters. The Labute approximate surface area is 213 Å². The predicted molar refractivity (Wildman–Crippen MR) is 131 cm³/mol. The van der Waals surface area contributed by atoms with Gasteiger partial charge in [0.15, 0.2) is 5.69 Å². The van der Waals surface area contributed by atoms with E-state index in [9.17, 15) is 22.8 Å². The summed E-state index contributed by atoms with van der Waals surface area (Å²) in [5.74, 6) is -0.328. The maximum Gasteiger partial charge on any atom is 0.435 e. The van der Waals surface area contributed by atoms with Crippen molar-refractivity contribution < 1.29 is 22.8 Å². The number of rotatable bonds is 7. The largest absolute Gasteiger partial charge is 0.435 e. The van der Waals surface area contributed by atoms with Gasteiger partial charge in [0.25, 0.3) is 0 Å². The third-order valence-electron chi connectivity index (χ3n) is 5.43. The summed E-state index contributed by atoms with van der Waals surface area (Å²) in [6, 6.07) is 6.90. The maximum absolute atomic E-state index is 13.6. The maximum atomic E-state index is 13.6. The number of piperazine rings is 1. The summed E-state index contributed by atoms with van der Waals surface area (Å²) >= 11 is 7.76. The lowest BCUT2D eigenvalue weighted by Gasteiger charge is -2.36. The van der Waals surface area contributed by atoms with E-state index in [0.717, 1.165) is 10.4 Å². The molecule has 1 fully saturated rings. The fourth-order valence-corrected chi connectivity index (χ4v) is 4.64. The van der Waals surface area contributed by atoms with Crippen molar-refractivity contribution in [2.75, 3.05) is 37.6 Å². The minimum absolute atomic E-state index is 0.0347. The smallest absolute Gasteiger partial charge is 0.368 e. The summed E-state index contributed by atoms with van der Waals surface area (Å²) in [6.45, 7) is 3.63. The molecular weight excluding hydrogens is 588 g/mol. The zero-order valence-corrected chi connectivity index (χ0v) is 21.4. The molecule has 0 bridgehead atoms. The molecule has 0 spiro atoms. The van der Waals surface area contributed by atoms with Crippen molar-refractivity contribution >= 4 is 51.8 Å². The average Bonchev–Trinajstić information content (AvgIpc) is 3.16. The molecule has 1 aliphatic heterocycles. The van der Waals surface area contributed by atoms with Gasteiger partial charge in [-0.3, -0.25) is 9.48 Å². The van der Waals surface area contributed by atoms with Crippen LogP contribution in [-0.4, -0.2) is 59.3 Å². The minimum atomic E-state index is -4.67. The number of aromatic nitrogens is 2. The second-order valence-electron chi connectivity index (χ2n) is 7.62. The molecule has 0 radical (unpaired) electrons. The number of amides is 3. The summed E-state index contributed by atoms with van der Waals surface area (Å²) in [7, 11) is 0. The first kappa shape index (κ1) is 26.4. The third-order valence-corrected chi connectivity index (χ3v) is 6.45. The van der Waals surface area contributed by atoms with Crippen LogP contribution in [-0.2, 0) is 28.5 Å². The van der Waals surface area contributed by atoms with Gasteiger partial charge in [0.1, 0.15) is 6.54 Å². The van der Waals surface area contributed by atoms with E-state index in [1.807, 2.05) is 34.7 Å². The Bertz CT molecular complexity index is 1010. The van der Waals surface area contributed by atoms with Crippen LogP contribution in [0.3, 0.4) is 0 Å². The van der Waals surface area contributed by atoms with Gasteiger partial charge in [-0.05, 0) is 31.2 Å². The van der Waals surface area contributed by atoms with Crippen LogP contribution >= 0.6 is 34.2 Å². The topological polar surface area (TPSA) is 82.5 Å². The molecule has 13 heteroatoms. The third kappa shape index (κ3) is 6.46. The van der Waals surface area contributed by atoms with Gasteiger partial charge in [0, 0.05) is 53.4 Å². The first-order valence-electron chi connectivity index (χ1n) is 10.7. The molecule has 1 saturated heterocycles. The molecule has 2 heterocycles. The van der Waals surface area contributed by atoms with E-state index in [-0.39, 0.29) is 34.7 Å². The van der Waals surface area contributed by atoms with Gasteiger partial charge >= 0.3 is 12.2 Å². The molecule has 0 aliphatic carbocycles. The number of nitrogens with zero attached hydrogens (tertiary/aromatic N) is 4. The lowest BCUT2D eigenvalue weighted by Crippen LogP contribution is -2.49. The summed E-state index contributed by atoms with van der Waals surface area (Å²) < 4.78 is 41.8. The van der Waals surface area contributed by atoms with E-state index < -0.39 is 17.9 Å². The molecule has 186 valence electrons. The Morgan fingerprint density at radius 2 is 1.76 bits per heavy atom. The van der Waals surface area contributed by atoms with Crippen LogP contribution in [0, 0.1) is 0 Å². The van der Waals surface area contributed by atoms with Crippen molar-refractivity contribution in [2.45, 2.75) is 30.6 Å². The van der Waals surface area contributed by atoms with Crippen molar-refractivity contribution in [1.82, 2.24) is 25.3 Å². The second kappa shape index (κ2) is 11.5. The van der Waals surface area contributed by atoms with Gasteiger partial charge in [-0.2, -0.15) is 18.3 Å². The molecule has 3 rings (SSSR count). The van der Waals surface area contributed by atoms with Gasteiger partial charge in [0.05, 0.1) is 12.2 Å². The predicted octanol–water partition coefficient (Wildman–Crippen LogP) is 3.66. The summed E-state index contributed by atoms with van der Waals surface area (Å²) in [6.07, 6.45) is -4.67. The summed E-state index contributed by atoms with van der Waals surface area (Å²) in [4.78, 5) is 28.5. The van der Waals surface area contributed by atoms with Crippen LogP contribution in [0.5, 0.6) is 0 Å². The molecular formula is C21H25ClF3IN6O2. The highest BCUT2D eigenvalue weighted by Crippen LogP contribution is 2.34. The standard InChI is InChI=1S/C21H25ClF3IN6O2/c1-2-27-20(34)28-12-17-16(11-26)19(21(23,24)25)29-32(17)13-18(33)31-9-7-30(8-10-31)15-5-3-14(22)4-6-15/h3-6H,2,7-13H2,1H3,(H2,27,28,34). The summed E-state index contributed by atoms with van der Waals surface area (Å²) in [5.41, 5.74) is 0.0881. The highest BCUT2D eigenvalue weighted by Gasteiger charge is 2.39. The van der Waals surface area contributed by atoms with Crippen molar-refractivity contribution in [3.05, 3.63) is 46.2 Å². The second-order valence-corrected chi connectivity index (χ2v) is 8.82. The van der Waals surface area contributed by atoms with E-state index in [1.165, 1.54) is 0 Å². The van der Waals surface area contributed by atoms with Gasteiger partial charge < -0.3 is 20.4 Å². The molecule has 1 aromatic heterocycles. The van der Waals surface area contributed by atoms with E-state index >= 15 is 0 Å². The quantitative estimate of drug-likeness (QED) is 0.370. The molecule has 2 aromatic rings.